The van der Waals surface area contributed by atoms with Gasteiger partial charge in [0.25, 0.3) is 0 Å². The average molecular weight is 279 g/mol. The molecule has 2 N–H and O–H groups in total. The summed E-state index contributed by atoms with van der Waals surface area (Å²) in [6.07, 6.45) is 3.15. The van der Waals surface area contributed by atoms with E-state index in [0.717, 1.165) is 32.4 Å². The van der Waals surface area contributed by atoms with E-state index < -0.39 is 0 Å². The Balaban J connectivity index is 2.05. The van der Waals surface area contributed by atoms with E-state index in [1.54, 1.807) is 12.1 Å². The maximum absolute atomic E-state index is 13.9. The molecule has 1 aromatic carbocycles. The molecule has 0 saturated carbocycles. The van der Waals surface area contributed by atoms with Crippen molar-refractivity contribution in [2.75, 3.05) is 30.8 Å². The molecule has 1 aliphatic rings. The van der Waals surface area contributed by atoms with Gasteiger partial charge in [-0.05, 0) is 57.6 Å². The van der Waals surface area contributed by atoms with Crippen molar-refractivity contribution in [2.45, 2.75) is 32.2 Å². The van der Waals surface area contributed by atoms with E-state index in [0.29, 0.717) is 11.4 Å². The average Bonchev–Trinajstić information content (AvgIpc) is 2.58. The summed E-state index contributed by atoms with van der Waals surface area (Å²) in [5, 5.41) is 5.95. The third kappa shape index (κ3) is 4.20. The van der Waals surface area contributed by atoms with Crippen LogP contribution in [-0.4, -0.2) is 37.0 Å². The molecular weight excluding hydrogens is 257 g/mol. The SMILES string of the molecule is CC(=O)Nc1ccc(F)c(NC2CCCN(C)CC2)c1. The minimum absolute atomic E-state index is 0.154. The number of nitrogens with zero attached hydrogens (tertiary/aromatic N) is 1. The smallest absolute Gasteiger partial charge is 0.221 e. The second-order valence-corrected chi connectivity index (χ2v) is 5.45. The third-order valence-electron chi connectivity index (χ3n) is 3.60. The molecule has 1 unspecified atom stereocenters. The lowest BCUT2D eigenvalue weighted by molar-refractivity contribution is -0.114. The summed E-state index contributed by atoms with van der Waals surface area (Å²) in [6, 6.07) is 4.90. The highest BCUT2D eigenvalue weighted by atomic mass is 19.1. The van der Waals surface area contributed by atoms with Crippen LogP contribution < -0.4 is 10.6 Å². The van der Waals surface area contributed by atoms with E-state index in [1.165, 1.54) is 13.0 Å². The normalized spacial score (nSPS) is 20.2. The van der Waals surface area contributed by atoms with Crippen LogP contribution in [0.2, 0.25) is 0 Å². The summed E-state index contributed by atoms with van der Waals surface area (Å²) in [4.78, 5) is 13.3. The van der Waals surface area contributed by atoms with Crippen LogP contribution >= 0.6 is 0 Å². The van der Waals surface area contributed by atoms with Crippen molar-refractivity contribution in [3.8, 4) is 0 Å². The number of rotatable bonds is 3. The molecule has 1 fully saturated rings. The van der Waals surface area contributed by atoms with Gasteiger partial charge in [-0.15, -0.1) is 0 Å². The zero-order chi connectivity index (χ0) is 14.5. The van der Waals surface area contributed by atoms with Crippen molar-refractivity contribution in [3.05, 3.63) is 24.0 Å². The van der Waals surface area contributed by atoms with Crippen LogP contribution in [0, 0.1) is 5.82 Å². The van der Waals surface area contributed by atoms with Gasteiger partial charge in [0.1, 0.15) is 5.82 Å². The van der Waals surface area contributed by atoms with Crippen LogP contribution in [0.3, 0.4) is 0 Å². The summed E-state index contributed by atoms with van der Waals surface area (Å²) >= 11 is 0. The first-order chi connectivity index (χ1) is 9.54. The molecule has 0 aromatic heterocycles. The number of benzene rings is 1. The van der Waals surface area contributed by atoms with E-state index in [1.807, 2.05) is 0 Å². The number of halogens is 1. The molecule has 0 aliphatic carbocycles. The first kappa shape index (κ1) is 14.8. The maximum Gasteiger partial charge on any atom is 0.221 e. The number of hydrogen-bond acceptors (Lipinski definition) is 3. The molecule has 4 nitrogen and oxygen atoms in total. The Morgan fingerprint density at radius 1 is 1.35 bits per heavy atom. The fourth-order valence-electron chi connectivity index (χ4n) is 2.52. The molecule has 110 valence electrons. The molecule has 1 saturated heterocycles. The van der Waals surface area contributed by atoms with Crippen molar-refractivity contribution in [1.29, 1.82) is 0 Å². The number of carbonyl (C=O) groups excluding carboxylic acids is 1. The number of anilines is 2. The van der Waals surface area contributed by atoms with Crippen LogP contribution in [0.25, 0.3) is 0 Å². The van der Waals surface area contributed by atoms with Gasteiger partial charge in [0.2, 0.25) is 5.91 Å². The lowest BCUT2D eigenvalue weighted by atomic mass is 10.1. The Kier molecular flexibility index (Phi) is 4.95. The van der Waals surface area contributed by atoms with Crippen molar-refractivity contribution in [3.63, 3.8) is 0 Å². The first-order valence-corrected chi connectivity index (χ1v) is 7.07. The van der Waals surface area contributed by atoms with Crippen LogP contribution in [0.4, 0.5) is 15.8 Å². The molecule has 0 radical (unpaired) electrons. The van der Waals surface area contributed by atoms with Crippen molar-refractivity contribution < 1.29 is 9.18 Å². The summed E-state index contributed by atoms with van der Waals surface area (Å²) in [5.41, 5.74) is 1.08. The van der Waals surface area contributed by atoms with Crippen LogP contribution in [-0.2, 0) is 4.79 Å². The van der Waals surface area contributed by atoms with E-state index >= 15 is 0 Å². The molecule has 20 heavy (non-hydrogen) atoms. The number of hydrogen-bond donors (Lipinski definition) is 2. The molecule has 5 heteroatoms. The van der Waals surface area contributed by atoms with Crippen molar-refractivity contribution >= 4 is 17.3 Å². The molecule has 1 atom stereocenters. The third-order valence-corrected chi connectivity index (χ3v) is 3.60. The van der Waals surface area contributed by atoms with Gasteiger partial charge in [-0.2, -0.15) is 0 Å². The lowest BCUT2D eigenvalue weighted by Crippen LogP contribution is -2.23. The molecule has 0 bridgehead atoms. The number of amides is 1. The predicted octanol–water partition coefficient (Wildman–Crippen LogP) is 2.68. The monoisotopic (exact) mass is 279 g/mol. The molecule has 1 amide bonds. The summed E-state index contributed by atoms with van der Waals surface area (Å²) in [6.45, 7) is 3.55. The van der Waals surface area contributed by atoms with Crippen LogP contribution in [0.5, 0.6) is 0 Å². The van der Waals surface area contributed by atoms with Crippen molar-refractivity contribution in [2.24, 2.45) is 0 Å². The van der Waals surface area contributed by atoms with Gasteiger partial charge in [0.05, 0.1) is 5.69 Å². The van der Waals surface area contributed by atoms with E-state index in [2.05, 4.69) is 22.6 Å². The van der Waals surface area contributed by atoms with Crippen LogP contribution in [0.1, 0.15) is 26.2 Å². The number of carbonyl (C=O) groups is 1. The van der Waals surface area contributed by atoms with E-state index in [9.17, 15) is 9.18 Å². The van der Waals surface area contributed by atoms with E-state index in [4.69, 9.17) is 0 Å². The predicted molar refractivity (Wildman–Crippen MR) is 79.5 cm³/mol. The Hall–Kier alpha value is -1.62. The minimum atomic E-state index is -0.281. The minimum Gasteiger partial charge on any atom is -0.380 e. The highest BCUT2D eigenvalue weighted by molar-refractivity contribution is 5.89. The second-order valence-electron chi connectivity index (χ2n) is 5.45. The van der Waals surface area contributed by atoms with Gasteiger partial charge in [-0.1, -0.05) is 0 Å². The Morgan fingerprint density at radius 2 is 2.15 bits per heavy atom. The lowest BCUT2D eigenvalue weighted by Gasteiger charge is -2.19. The number of likely N-dealkylation sites (tertiary alicyclic amines) is 1. The second kappa shape index (κ2) is 6.70. The molecule has 1 aromatic rings. The quantitative estimate of drug-likeness (QED) is 0.894. The topological polar surface area (TPSA) is 44.4 Å². The van der Waals surface area contributed by atoms with Crippen molar-refractivity contribution in [1.82, 2.24) is 4.90 Å². The standard InChI is InChI=1S/C15H22FN3O/c1-11(20)17-13-5-6-14(16)15(10-13)18-12-4-3-8-19(2)9-7-12/h5-6,10,12,18H,3-4,7-9H2,1-2H3,(H,17,20). The van der Waals surface area contributed by atoms with Crippen LogP contribution in [0.15, 0.2) is 18.2 Å². The molecule has 1 heterocycles. The fourth-order valence-corrected chi connectivity index (χ4v) is 2.52. The molecule has 1 aliphatic heterocycles. The van der Waals surface area contributed by atoms with Gasteiger partial charge < -0.3 is 15.5 Å². The van der Waals surface area contributed by atoms with Gasteiger partial charge in [0.15, 0.2) is 0 Å². The first-order valence-electron chi connectivity index (χ1n) is 7.07. The number of nitrogens with one attached hydrogen (secondary N) is 2. The fraction of sp³-hybridized carbons (Fsp3) is 0.533. The van der Waals surface area contributed by atoms with E-state index in [-0.39, 0.29) is 17.8 Å². The highest BCUT2D eigenvalue weighted by Crippen LogP contribution is 2.23. The zero-order valence-electron chi connectivity index (χ0n) is 12.1. The highest BCUT2D eigenvalue weighted by Gasteiger charge is 2.16. The summed E-state index contributed by atoms with van der Waals surface area (Å²) in [5.74, 6) is -0.435. The molecule has 2 rings (SSSR count). The van der Waals surface area contributed by atoms with Gasteiger partial charge in [0, 0.05) is 18.7 Å². The largest absolute Gasteiger partial charge is 0.380 e. The summed E-state index contributed by atoms with van der Waals surface area (Å²) in [7, 11) is 2.11. The molecular formula is C15H22FN3O. The maximum atomic E-state index is 13.9. The molecule has 0 spiro atoms. The Morgan fingerprint density at radius 3 is 2.90 bits per heavy atom. The Bertz CT molecular complexity index is 478. The Labute approximate surface area is 119 Å². The van der Waals surface area contributed by atoms with Gasteiger partial charge in [-0.3, -0.25) is 4.79 Å². The van der Waals surface area contributed by atoms with Gasteiger partial charge >= 0.3 is 0 Å². The zero-order valence-corrected chi connectivity index (χ0v) is 12.1. The summed E-state index contributed by atoms with van der Waals surface area (Å²) < 4.78 is 13.9. The van der Waals surface area contributed by atoms with Gasteiger partial charge in [-0.25, -0.2) is 4.39 Å².